The zero-order valence-electron chi connectivity index (χ0n) is 12.7. The predicted octanol–water partition coefficient (Wildman–Crippen LogP) is 3.81. The van der Waals surface area contributed by atoms with Crippen molar-refractivity contribution in [1.82, 2.24) is 9.36 Å². The van der Waals surface area contributed by atoms with Gasteiger partial charge in [-0.25, -0.2) is 4.98 Å². The van der Waals surface area contributed by atoms with Gasteiger partial charge in [-0.15, -0.1) is 0 Å². The van der Waals surface area contributed by atoms with Crippen molar-refractivity contribution in [3.8, 4) is 5.75 Å². The van der Waals surface area contributed by atoms with Gasteiger partial charge in [0.25, 0.3) is 0 Å². The molecule has 5 nitrogen and oxygen atoms in total. The van der Waals surface area contributed by atoms with E-state index in [2.05, 4.69) is 19.4 Å². The van der Waals surface area contributed by atoms with Crippen LogP contribution in [0.5, 0.6) is 5.75 Å². The van der Waals surface area contributed by atoms with Gasteiger partial charge in [-0.3, -0.25) is 0 Å². The summed E-state index contributed by atoms with van der Waals surface area (Å²) in [5.74, 6) is 1.20. The predicted molar refractivity (Wildman–Crippen MR) is 83.2 cm³/mol. The van der Waals surface area contributed by atoms with Gasteiger partial charge in [0, 0.05) is 30.6 Å². The smallest absolute Gasteiger partial charge is 0.387 e. The highest BCUT2D eigenvalue weighted by atomic mass is 32.1. The molecule has 124 valence electrons. The van der Waals surface area contributed by atoms with E-state index in [0.717, 1.165) is 17.1 Å². The molecule has 1 N–H and O–H groups in total. The molecule has 0 saturated heterocycles. The molecule has 23 heavy (non-hydrogen) atoms. The minimum absolute atomic E-state index is 0.126. The van der Waals surface area contributed by atoms with Crippen LogP contribution < -0.4 is 10.1 Å². The van der Waals surface area contributed by atoms with Crippen molar-refractivity contribution in [2.24, 2.45) is 0 Å². The highest BCUT2D eigenvalue weighted by Crippen LogP contribution is 2.43. The van der Waals surface area contributed by atoms with Gasteiger partial charge in [0.05, 0.1) is 0 Å². The molecule has 0 aliphatic heterocycles. The summed E-state index contributed by atoms with van der Waals surface area (Å²) >= 11 is 1.31. The molecule has 1 heterocycles. The van der Waals surface area contributed by atoms with Gasteiger partial charge in [0.2, 0.25) is 5.13 Å². The van der Waals surface area contributed by atoms with Crippen LogP contribution >= 0.6 is 11.5 Å². The van der Waals surface area contributed by atoms with Crippen molar-refractivity contribution < 1.29 is 18.3 Å². The second-order valence-corrected chi connectivity index (χ2v) is 6.13. The van der Waals surface area contributed by atoms with Crippen molar-refractivity contribution in [2.45, 2.75) is 38.0 Å². The van der Waals surface area contributed by atoms with Crippen LogP contribution in [0.2, 0.25) is 0 Å². The Bertz CT molecular complexity index is 650. The van der Waals surface area contributed by atoms with Gasteiger partial charge in [0.15, 0.2) is 5.82 Å². The molecule has 0 spiro atoms. The first-order chi connectivity index (χ1) is 11.1. The average molecular weight is 341 g/mol. The molecule has 1 aliphatic carbocycles. The van der Waals surface area contributed by atoms with E-state index in [1.54, 1.807) is 19.2 Å². The SMILES string of the molecule is CO[C@@H](C)c1nsc(N[C@@H]2C[C@H]2c2ccc(OC(F)F)cc2)n1. The molecule has 3 atom stereocenters. The number of hydrogen-bond donors (Lipinski definition) is 1. The Morgan fingerprint density at radius 2 is 2.04 bits per heavy atom. The van der Waals surface area contributed by atoms with Crippen molar-refractivity contribution >= 4 is 16.7 Å². The van der Waals surface area contributed by atoms with Crippen LogP contribution in [0.3, 0.4) is 0 Å². The minimum atomic E-state index is -2.79. The van der Waals surface area contributed by atoms with Crippen molar-refractivity contribution in [3.05, 3.63) is 35.7 Å². The maximum absolute atomic E-state index is 12.1. The lowest BCUT2D eigenvalue weighted by atomic mass is 10.1. The third kappa shape index (κ3) is 3.94. The van der Waals surface area contributed by atoms with E-state index in [1.807, 2.05) is 19.1 Å². The Labute approximate surface area is 136 Å². The Kier molecular flexibility index (Phi) is 4.72. The normalized spacial score (nSPS) is 21.3. The van der Waals surface area contributed by atoms with Crippen molar-refractivity contribution in [2.75, 3.05) is 12.4 Å². The highest BCUT2D eigenvalue weighted by Gasteiger charge is 2.39. The van der Waals surface area contributed by atoms with E-state index in [-0.39, 0.29) is 17.9 Å². The fraction of sp³-hybridized carbons (Fsp3) is 0.467. The number of halogens is 2. The quantitative estimate of drug-likeness (QED) is 0.830. The van der Waals surface area contributed by atoms with Gasteiger partial charge in [-0.1, -0.05) is 12.1 Å². The molecule has 1 fully saturated rings. The van der Waals surface area contributed by atoms with Crippen LogP contribution in [0.15, 0.2) is 24.3 Å². The molecule has 0 unspecified atom stereocenters. The third-order valence-corrected chi connectivity index (χ3v) is 4.45. The van der Waals surface area contributed by atoms with Crippen LogP contribution in [0, 0.1) is 0 Å². The molecule has 1 aliphatic rings. The second kappa shape index (κ2) is 6.76. The minimum Gasteiger partial charge on any atom is -0.435 e. The van der Waals surface area contributed by atoms with E-state index in [0.29, 0.717) is 11.7 Å². The standard InChI is InChI=1S/C15H17F2N3O2S/c1-8(21-2)13-19-15(23-20-13)18-12-7-11(12)9-3-5-10(6-4-9)22-14(16)17/h3-6,8,11-12,14H,7H2,1-2H3,(H,18,19,20)/t8-,11-,12+/m0/s1. The number of nitrogens with zero attached hydrogens (tertiary/aromatic N) is 2. The maximum atomic E-state index is 12.1. The van der Waals surface area contributed by atoms with Crippen LogP contribution in [-0.4, -0.2) is 29.1 Å². The molecule has 1 aromatic carbocycles. The summed E-state index contributed by atoms with van der Waals surface area (Å²) in [6.45, 7) is -0.897. The van der Waals surface area contributed by atoms with Gasteiger partial charge in [0.1, 0.15) is 11.9 Å². The van der Waals surface area contributed by atoms with E-state index in [4.69, 9.17) is 4.74 Å². The third-order valence-electron chi connectivity index (χ3n) is 3.79. The molecular weight excluding hydrogens is 324 g/mol. The summed E-state index contributed by atoms with van der Waals surface area (Å²) in [6.07, 6.45) is 0.850. The lowest BCUT2D eigenvalue weighted by Gasteiger charge is -2.06. The molecule has 0 bridgehead atoms. The number of hydrogen-bond acceptors (Lipinski definition) is 6. The zero-order chi connectivity index (χ0) is 16.4. The zero-order valence-corrected chi connectivity index (χ0v) is 13.5. The Balaban J connectivity index is 1.56. The first kappa shape index (κ1) is 16.1. The van der Waals surface area contributed by atoms with E-state index >= 15 is 0 Å². The lowest BCUT2D eigenvalue weighted by molar-refractivity contribution is -0.0498. The summed E-state index contributed by atoms with van der Waals surface area (Å²) in [4.78, 5) is 4.40. The molecule has 2 aromatic rings. The number of nitrogens with one attached hydrogen (secondary N) is 1. The Morgan fingerprint density at radius 3 is 2.70 bits per heavy atom. The first-order valence-corrected chi connectivity index (χ1v) is 8.02. The van der Waals surface area contributed by atoms with E-state index in [1.165, 1.54) is 11.5 Å². The molecule has 8 heteroatoms. The molecule has 3 rings (SSSR count). The summed E-state index contributed by atoms with van der Waals surface area (Å²) in [6, 6.07) is 7.07. The fourth-order valence-electron chi connectivity index (χ4n) is 2.34. The van der Waals surface area contributed by atoms with Gasteiger partial charge >= 0.3 is 6.61 Å². The van der Waals surface area contributed by atoms with Crippen LogP contribution in [-0.2, 0) is 4.74 Å². The fourth-order valence-corrected chi connectivity index (χ4v) is 3.05. The van der Waals surface area contributed by atoms with Gasteiger partial charge in [-0.05, 0) is 31.0 Å². The Morgan fingerprint density at radius 1 is 1.30 bits per heavy atom. The van der Waals surface area contributed by atoms with Crippen LogP contribution in [0.4, 0.5) is 13.9 Å². The summed E-state index contributed by atoms with van der Waals surface area (Å²) < 4.78 is 38.1. The number of rotatable bonds is 7. The van der Waals surface area contributed by atoms with Crippen molar-refractivity contribution in [1.29, 1.82) is 0 Å². The average Bonchev–Trinajstić information content (AvgIpc) is 3.13. The van der Waals surface area contributed by atoms with E-state index < -0.39 is 6.61 Å². The maximum Gasteiger partial charge on any atom is 0.387 e. The van der Waals surface area contributed by atoms with Crippen LogP contribution in [0.1, 0.15) is 36.8 Å². The number of anilines is 1. The summed E-state index contributed by atoms with van der Waals surface area (Å²) in [7, 11) is 1.62. The molecule has 1 saturated carbocycles. The molecule has 0 amide bonds. The summed E-state index contributed by atoms with van der Waals surface area (Å²) in [5.41, 5.74) is 1.10. The molecule has 0 radical (unpaired) electrons. The highest BCUT2D eigenvalue weighted by molar-refractivity contribution is 7.09. The number of aromatic nitrogens is 2. The van der Waals surface area contributed by atoms with Gasteiger partial charge in [-0.2, -0.15) is 13.2 Å². The first-order valence-electron chi connectivity index (χ1n) is 7.24. The topological polar surface area (TPSA) is 56.3 Å². The Hall–Kier alpha value is -1.80. The number of alkyl halides is 2. The van der Waals surface area contributed by atoms with Gasteiger partial charge < -0.3 is 14.8 Å². The largest absolute Gasteiger partial charge is 0.435 e. The molecule has 1 aromatic heterocycles. The lowest BCUT2D eigenvalue weighted by Crippen LogP contribution is -2.05. The number of benzene rings is 1. The van der Waals surface area contributed by atoms with Crippen molar-refractivity contribution in [3.63, 3.8) is 0 Å². The number of methoxy groups -OCH3 is 1. The second-order valence-electron chi connectivity index (χ2n) is 5.38. The summed E-state index contributed by atoms with van der Waals surface area (Å²) in [5, 5.41) is 4.12. The monoisotopic (exact) mass is 341 g/mol. The molecular formula is C15H17F2N3O2S. The van der Waals surface area contributed by atoms with Crippen LogP contribution in [0.25, 0.3) is 0 Å². The van der Waals surface area contributed by atoms with E-state index in [9.17, 15) is 8.78 Å². The number of ether oxygens (including phenoxy) is 2.